The highest BCUT2D eigenvalue weighted by molar-refractivity contribution is 6.33. The van der Waals surface area contributed by atoms with Crippen LogP contribution < -0.4 is 10.9 Å². The molecule has 130 valence electrons. The number of carbonyl (C=O) groups excluding carboxylic acids is 2. The van der Waals surface area contributed by atoms with E-state index in [1.807, 2.05) is 60.7 Å². The summed E-state index contributed by atoms with van der Waals surface area (Å²) in [5.41, 5.74) is 6.91. The number of benzene rings is 3. The molecule has 3 aromatic carbocycles. The van der Waals surface area contributed by atoms with Crippen LogP contribution in [0.2, 0.25) is 5.02 Å². The maximum atomic E-state index is 12.8. The predicted octanol–water partition coefficient (Wildman–Crippen LogP) is 3.93. The molecule has 0 unspecified atom stereocenters. The third-order valence-corrected chi connectivity index (χ3v) is 4.28. The average Bonchev–Trinajstić information content (AvgIpc) is 2.68. The van der Waals surface area contributed by atoms with E-state index in [4.69, 9.17) is 11.6 Å². The molecule has 0 fully saturated rings. The zero-order chi connectivity index (χ0) is 18.4. The number of halogens is 1. The lowest BCUT2D eigenvalue weighted by molar-refractivity contribution is -0.122. The Morgan fingerprint density at radius 2 is 1.19 bits per heavy atom. The number of amides is 2. The molecule has 3 rings (SSSR count). The number of hydrogen-bond acceptors (Lipinski definition) is 2. The van der Waals surface area contributed by atoms with Crippen LogP contribution in [0, 0.1) is 0 Å². The number of hydrazine groups is 1. The Labute approximate surface area is 156 Å². The Balaban J connectivity index is 1.78. The van der Waals surface area contributed by atoms with Crippen molar-refractivity contribution in [1.29, 1.82) is 0 Å². The third-order valence-electron chi connectivity index (χ3n) is 3.95. The van der Waals surface area contributed by atoms with Crippen LogP contribution in [0.3, 0.4) is 0 Å². The van der Waals surface area contributed by atoms with E-state index in [-0.39, 0.29) is 5.91 Å². The van der Waals surface area contributed by atoms with Crippen molar-refractivity contribution in [3.8, 4) is 0 Å². The number of carbonyl (C=O) groups is 2. The number of hydrogen-bond donors (Lipinski definition) is 2. The van der Waals surface area contributed by atoms with E-state index in [1.165, 1.54) is 0 Å². The fourth-order valence-corrected chi connectivity index (χ4v) is 2.91. The summed E-state index contributed by atoms with van der Waals surface area (Å²) in [4.78, 5) is 25.1. The van der Waals surface area contributed by atoms with E-state index in [2.05, 4.69) is 10.9 Å². The standard InChI is InChI=1S/C21H17ClN2O2/c22-18-14-8-7-13-17(18)20(25)23-24-21(26)19(15-9-3-1-4-10-15)16-11-5-2-6-12-16/h1-14,19H,(H,23,25)(H,24,26). The first kappa shape index (κ1) is 17.7. The molecular weight excluding hydrogens is 348 g/mol. The van der Waals surface area contributed by atoms with Gasteiger partial charge in [0.25, 0.3) is 5.91 Å². The highest BCUT2D eigenvalue weighted by Crippen LogP contribution is 2.24. The summed E-state index contributed by atoms with van der Waals surface area (Å²) in [6, 6.07) is 25.5. The average molecular weight is 365 g/mol. The number of nitrogens with one attached hydrogen (secondary N) is 2. The van der Waals surface area contributed by atoms with Gasteiger partial charge in [-0.25, -0.2) is 0 Å². The van der Waals surface area contributed by atoms with Gasteiger partial charge in [0.05, 0.1) is 16.5 Å². The van der Waals surface area contributed by atoms with E-state index >= 15 is 0 Å². The summed E-state index contributed by atoms with van der Waals surface area (Å²) in [6.45, 7) is 0. The molecular formula is C21H17ClN2O2. The van der Waals surface area contributed by atoms with Crippen LogP contribution in [-0.2, 0) is 4.79 Å². The van der Waals surface area contributed by atoms with Crippen LogP contribution >= 0.6 is 11.6 Å². The summed E-state index contributed by atoms with van der Waals surface area (Å²) in [7, 11) is 0. The minimum Gasteiger partial charge on any atom is -0.272 e. The highest BCUT2D eigenvalue weighted by Gasteiger charge is 2.23. The van der Waals surface area contributed by atoms with Crippen LogP contribution in [0.4, 0.5) is 0 Å². The molecule has 4 nitrogen and oxygen atoms in total. The van der Waals surface area contributed by atoms with E-state index in [0.29, 0.717) is 10.6 Å². The van der Waals surface area contributed by atoms with Crippen molar-refractivity contribution in [1.82, 2.24) is 10.9 Å². The van der Waals surface area contributed by atoms with Crippen molar-refractivity contribution in [2.75, 3.05) is 0 Å². The molecule has 2 amide bonds. The number of rotatable bonds is 4. The van der Waals surface area contributed by atoms with Gasteiger partial charge >= 0.3 is 0 Å². The second kappa shape index (κ2) is 8.32. The first-order valence-electron chi connectivity index (χ1n) is 8.11. The zero-order valence-corrected chi connectivity index (χ0v) is 14.6. The van der Waals surface area contributed by atoms with Crippen LogP contribution in [0.15, 0.2) is 84.9 Å². The van der Waals surface area contributed by atoms with Gasteiger partial charge in [0.15, 0.2) is 0 Å². The molecule has 0 aliphatic rings. The summed E-state index contributed by atoms with van der Waals surface area (Å²) < 4.78 is 0. The SMILES string of the molecule is O=C(NNC(=O)C(c1ccccc1)c1ccccc1)c1ccccc1Cl. The van der Waals surface area contributed by atoms with E-state index in [0.717, 1.165) is 11.1 Å². The molecule has 0 heterocycles. The zero-order valence-electron chi connectivity index (χ0n) is 13.9. The third kappa shape index (κ3) is 4.10. The fourth-order valence-electron chi connectivity index (χ4n) is 2.69. The first-order chi connectivity index (χ1) is 12.7. The quantitative estimate of drug-likeness (QED) is 0.689. The lowest BCUT2D eigenvalue weighted by Crippen LogP contribution is -2.44. The largest absolute Gasteiger partial charge is 0.272 e. The second-order valence-electron chi connectivity index (χ2n) is 5.68. The molecule has 0 saturated heterocycles. The molecule has 0 aromatic heterocycles. The lowest BCUT2D eigenvalue weighted by Gasteiger charge is -2.18. The van der Waals surface area contributed by atoms with Gasteiger partial charge in [-0.15, -0.1) is 0 Å². The molecule has 0 saturated carbocycles. The molecule has 0 bridgehead atoms. The van der Waals surface area contributed by atoms with E-state index < -0.39 is 11.8 Å². The van der Waals surface area contributed by atoms with Gasteiger partial charge < -0.3 is 0 Å². The summed E-state index contributed by atoms with van der Waals surface area (Å²) >= 11 is 6.02. The van der Waals surface area contributed by atoms with Gasteiger partial charge in [-0.1, -0.05) is 84.4 Å². The lowest BCUT2D eigenvalue weighted by atomic mass is 9.91. The minimum absolute atomic E-state index is 0.297. The van der Waals surface area contributed by atoms with Crippen molar-refractivity contribution < 1.29 is 9.59 Å². The molecule has 0 spiro atoms. The maximum absolute atomic E-state index is 12.8. The Hall–Kier alpha value is -3.11. The molecule has 0 aliphatic heterocycles. The highest BCUT2D eigenvalue weighted by atomic mass is 35.5. The van der Waals surface area contributed by atoms with Crippen molar-refractivity contribution >= 4 is 23.4 Å². The van der Waals surface area contributed by atoms with Crippen molar-refractivity contribution in [2.45, 2.75) is 5.92 Å². The Morgan fingerprint density at radius 1 is 0.692 bits per heavy atom. The van der Waals surface area contributed by atoms with Gasteiger partial charge in [0.2, 0.25) is 5.91 Å². The predicted molar refractivity (Wildman–Crippen MR) is 102 cm³/mol. The van der Waals surface area contributed by atoms with Gasteiger partial charge in [-0.05, 0) is 23.3 Å². The van der Waals surface area contributed by atoms with Crippen molar-refractivity contribution in [2.24, 2.45) is 0 Å². The summed E-state index contributed by atoms with van der Waals surface area (Å²) in [6.07, 6.45) is 0. The molecule has 5 heteroatoms. The smallest absolute Gasteiger partial charge is 0.271 e. The van der Waals surface area contributed by atoms with E-state index in [9.17, 15) is 9.59 Å². The minimum atomic E-state index is -0.538. The van der Waals surface area contributed by atoms with Gasteiger partial charge in [-0.3, -0.25) is 20.4 Å². The van der Waals surface area contributed by atoms with Crippen LogP contribution in [-0.4, -0.2) is 11.8 Å². The van der Waals surface area contributed by atoms with Gasteiger partial charge in [0.1, 0.15) is 0 Å². The Bertz CT molecular complexity index is 859. The van der Waals surface area contributed by atoms with Crippen LogP contribution in [0.1, 0.15) is 27.4 Å². The topological polar surface area (TPSA) is 58.2 Å². The normalized spacial score (nSPS) is 10.4. The van der Waals surface area contributed by atoms with Gasteiger partial charge in [-0.2, -0.15) is 0 Å². The second-order valence-corrected chi connectivity index (χ2v) is 6.08. The Kier molecular flexibility index (Phi) is 5.66. The molecule has 26 heavy (non-hydrogen) atoms. The molecule has 3 aromatic rings. The molecule has 0 radical (unpaired) electrons. The molecule has 0 aliphatic carbocycles. The van der Waals surface area contributed by atoms with Crippen LogP contribution in [0.5, 0.6) is 0 Å². The maximum Gasteiger partial charge on any atom is 0.271 e. The fraction of sp³-hybridized carbons (Fsp3) is 0.0476. The van der Waals surface area contributed by atoms with Gasteiger partial charge in [0, 0.05) is 0 Å². The summed E-state index contributed by atoms with van der Waals surface area (Å²) in [5.74, 6) is -1.34. The van der Waals surface area contributed by atoms with Crippen molar-refractivity contribution in [3.05, 3.63) is 107 Å². The molecule has 0 atom stereocenters. The first-order valence-corrected chi connectivity index (χ1v) is 8.49. The Morgan fingerprint density at radius 3 is 1.73 bits per heavy atom. The van der Waals surface area contributed by atoms with E-state index in [1.54, 1.807) is 24.3 Å². The van der Waals surface area contributed by atoms with Crippen molar-refractivity contribution in [3.63, 3.8) is 0 Å². The summed E-state index contributed by atoms with van der Waals surface area (Å²) in [5, 5.41) is 0.321. The molecule has 2 N–H and O–H groups in total. The van der Waals surface area contributed by atoms with Crippen LogP contribution in [0.25, 0.3) is 0 Å². The monoisotopic (exact) mass is 364 g/mol.